The van der Waals surface area contributed by atoms with E-state index in [1.54, 1.807) is 0 Å². The molecule has 1 heterocycles. The van der Waals surface area contributed by atoms with Gasteiger partial charge in [0.15, 0.2) is 0 Å². The zero-order valence-electron chi connectivity index (χ0n) is 8.14. The van der Waals surface area contributed by atoms with E-state index in [2.05, 4.69) is 42.7 Å². The number of fused-ring (bicyclic) bond motifs is 1. The highest BCUT2D eigenvalue weighted by atomic mass is 32.1. The van der Waals surface area contributed by atoms with Gasteiger partial charge in [-0.05, 0) is 18.6 Å². The maximum absolute atomic E-state index is 4.57. The SMILES string of the molecule is CCC(S)c1ccc2ccccc2n1. The topological polar surface area (TPSA) is 12.9 Å². The lowest BCUT2D eigenvalue weighted by Gasteiger charge is -2.07. The second-order valence-corrected chi connectivity index (χ2v) is 3.98. The van der Waals surface area contributed by atoms with Crippen LogP contribution < -0.4 is 0 Å². The molecule has 0 fully saturated rings. The van der Waals surface area contributed by atoms with Crippen molar-refractivity contribution in [3.63, 3.8) is 0 Å². The molecule has 1 nitrogen and oxygen atoms in total. The molecule has 2 rings (SSSR count). The molecule has 0 bridgehead atoms. The maximum Gasteiger partial charge on any atom is 0.0705 e. The van der Waals surface area contributed by atoms with Gasteiger partial charge >= 0.3 is 0 Å². The molecule has 0 amide bonds. The lowest BCUT2D eigenvalue weighted by atomic mass is 10.1. The van der Waals surface area contributed by atoms with Crippen LogP contribution in [0, 0.1) is 0 Å². The number of pyridine rings is 1. The Morgan fingerprint density at radius 1 is 1.21 bits per heavy atom. The van der Waals surface area contributed by atoms with Crippen molar-refractivity contribution in [3.05, 3.63) is 42.1 Å². The molecular formula is C12H13NS. The fourth-order valence-corrected chi connectivity index (χ4v) is 1.62. The molecule has 0 saturated heterocycles. The fourth-order valence-electron chi connectivity index (χ4n) is 1.48. The second-order valence-electron chi connectivity index (χ2n) is 3.35. The van der Waals surface area contributed by atoms with Gasteiger partial charge in [0.05, 0.1) is 11.2 Å². The van der Waals surface area contributed by atoms with Crippen molar-refractivity contribution in [2.75, 3.05) is 0 Å². The van der Waals surface area contributed by atoms with E-state index in [0.717, 1.165) is 17.6 Å². The standard InChI is InChI=1S/C12H13NS/c1-2-12(14)11-8-7-9-5-3-4-6-10(9)13-11/h3-8,12,14H,2H2,1H3. The monoisotopic (exact) mass is 203 g/mol. The first-order chi connectivity index (χ1) is 6.81. The smallest absolute Gasteiger partial charge is 0.0705 e. The lowest BCUT2D eigenvalue weighted by molar-refractivity contribution is 0.871. The number of nitrogens with zero attached hydrogens (tertiary/aromatic N) is 1. The molecule has 0 spiro atoms. The lowest BCUT2D eigenvalue weighted by Crippen LogP contribution is -1.92. The summed E-state index contributed by atoms with van der Waals surface area (Å²) >= 11 is 4.48. The molecule has 0 N–H and O–H groups in total. The Kier molecular flexibility index (Phi) is 2.73. The van der Waals surface area contributed by atoms with E-state index < -0.39 is 0 Å². The first-order valence-corrected chi connectivity index (χ1v) is 5.36. The van der Waals surface area contributed by atoms with Crippen molar-refractivity contribution in [2.24, 2.45) is 0 Å². The van der Waals surface area contributed by atoms with E-state index in [1.807, 2.05) is 18.2 Å². The number of hydrogen-bond donors (Lipinski definition) is 1. The van der Waals surface area contributed by atoms with Crippen molar-refractivity contribution in [2.45, 2.75) is 18.6 Å². The minimum absolute atomic E-state index is 0.250. The Morgan fingerprint density at radius 3 is 2.79 bits per heavy atom. The van der Waals surface area contributed by atoms with Crippen LogP contribution in [0.2, 0.25) is 0 Å². The van der Waals surface area contributed by atoms with Crippen LogP contribution in [0.25, 0.3) is 10.9 Å². The normalized spacial score (nSPS) is 13.0. The highest BCUT2D eigenvalue weighted by Crippen LogP contribution is 2.23. The number of thiol groups is 1. The van der Waals surface area contributed by atoms with Gasteiger partial charge < -0.3 is 0 Å². The predicted octanol–water partition coefficient (Wildman–Crippen LogP) is 3.62. The van der Waals surface area contributed by atoms with Crippen LogP contribution in [-0.2, 0) is 0 Å². The summed E-state index contributed by atoms with van der Waals surface area (Å²) in [6, 6.07) is 12.3. The minimum Gasteiger partial charge on any atom is -0.252 e. The van der Waals surface area contributed by atoms with Gasteiger partial charge in [-0.2, -0.15) is 12.6 Å². The third kappa shape index (κ3) is 1.75. The van der Waals surface area contributed by atoms with Gasteiger partial charge in [0.1, 0.15) is 0 Å². The van der Waals surface area contributed by atoms with Gasteiger partial charge in [0.2, 0.25) is 0 Å². The molecule has 72 valence electrons. The van der Waals surface area contributed by atoms with E-state index >= 15 is 0 Å². The zero-order chi connectivity index (χ0) is 9.97. The van der Waals surface area contributed by atoms with Gasteiger partial charge in [-0.1, -0.05) is 31.2 Å². The molecular weight excluding hydrogens is 190 g/mol. The quantitative estimate of drug-likeness (QED) is 0.736. The number of benzene rings is 1. The van der Waals surface area contributed by atoms with Crippen molar-refractivity contribution in [3.8, 4) is 0 Å². The molecule has 1 aromatic heterocycles. The Morgan fingerprint density at radius 2 is 2.00 bits per heavy atom. The largest absolute Gasteiger partial charge is 0.252 e. The predicted molar refractivity (Wildman–Crippen MR) is 63.8 cm³/mol. The van der Waals surface area contributed by atoms with Crippen molar-refractivity contribution < 1.29 is 0 Å². The van der Waals surface area contributed by atoms with Crippen LogP contribution in [-0.4, -0.2) is 4.98 Å². The Bertz CT molecular complexity index is 439. The van der Waals surface area contributed by atoms with Crippen molar-refractivity contribution in [1.82, 2.24) is 4.98 Å². The number of para-hydroxylation sites is 1. The van der Waals surface area contributed by atoms with E-state index in [0.29, 0.717) is 0 Å². The third-order valence-corrected chi connectivity index (χ3v) is 2.98. The maximum atomic E-state index is 4.57. The Labute approximate surface area is 89.6 Å². The highest BCUT2D eigenvalue weighted by Gasteiger charge is 2.05. The summed E-state index contributed by atoms with van der Waals surface area (Å²) in [7, 11) is 0. The van der Waals surface area contributed by atoms with Crippen LogP contribution in [0.5, 0.6) is 0 Å². The van der Waals surface area contributed by atoms with Crippen LogP contribution in [0.3, 0.4) is 0 Å². The summed E-state index contributed by atoms with van der Waals surface area (Å²) in [5, 5.41) is 1.44. The van der Waals surface area contributed by atoms with Gasteiger partial charge in [-0.25, -0.2) is 0 Å². The van der Waals surface area contributed by atoms with Crippen molar-refractivity contribution in [1.29, 1.82) is 0 Å². The Balaban J connectivity index is 2.51. The summed E-state index contributed by atoms with van der Waals surface area (Å²) in [6.07, 6.45) is 1.01. The van der Waals surface area contributed by atoms with E-state index in [9.17, 15) is 0 Å². The first kappa shape index (κ1) is 9.53. The van der Waals surface area contributed by atoms with Gasteiger partial charge in [-0.3, -0.25) is 4.98 Å². The summed E-state index contributed by atoms with van der Waals surface area (Å²) < 4.78 is 0. The van der Waals surface area contributed by atoms with Crippen LogP contribution in [0.4, 0.5) is 0 Å². The average molecular weight is 203 g/mol. The summed E-state index contributed by atoms with van der Waals surface area (Å²) in [4.78, 5) is 4.57. The second kappa shape index (κ2) is 4.01. The molecule has 1 atom stereocenters. The van der Waals surface area contributed by atoms with Gasteiger partial charge in [0.25, 0.3) is 0 Å². The third-order valence-electron chi connectivity index (χ3n) is 2.35. The molecule has 2 heteroatoms. The molecule has 0 aliphatic carbocycles. The average Bonchev–Trinajstić information content (AvgIpc) is 2.27. The number of aromatic nitrogens is 1. The molecule has 1 aromatic carbocycles. The first-order valence-electron chi connectivity index (χ1n) is 4.85. The van der Waals surface area contributed by atoms with Crippen LogP contribution in [0.1, 0.15) is 24.3 Å². The number of rotatable bonds is 2. The van der Waals surface area contributed by atoms with E-state index in [-0.39, 0.29) is 5.25 Å². The molecule has 14 heavy (non-hydrogen) atoms. The molecule has 0 saturated carbocycles. The molecule has 0 radical (unpaired) electrons. The van der Waals surface area contributed by atoms with Crippen LogP contribution >= 0.6 is 12.6 Å². The van der Waals surface area contributed by atoms with Crippen molar-refractivity contribution >= 4 is 23.5 Å². The minimum atomic E-state index is 0.250. The fraction of sp³-hybridized carbons (Fsp3) is 0.250. The van der Waals surface area contributed by atoms with Crippen LogP contribution in [0.15, 0.2) is 36.4 Å². The molecule has 0 aliphatic rings. The molecule has 0 aliphatic heterocycles. The van der Waals surface area contributed by atoms with E-state index in [4.69, 9.17) is 0 Å². The zero-order valence-corrected chi connectivity index (χ0v) is 9.04. The summed E-state index contributed by atoms with van der Waals surface area (Å²) in [6.45, 7) is 2.12. The Hall–Kier alpha value is -1.02. The molecule has 2 aromatic rings. The molecule has 1 unspecified atom stereocenters. The van der Waals surface area contributed by atoms with E-state index in [1.165, 1.54) is 5.39 Å². The number of hydrogen-bond acceptors (Lipinski definition) is 2. The van der Waals surface area contributed by atoms with Gasteiger partial charge in [0, 0.05) is 10.6 Å². The summed E-state index contributed by atoms with van der Waals surface area (Å²) in [5.41, 5.74) is 2.12. The summed E-state index contributed by atoms with van der Waals surface area (Å²) in [5.74, 6) is 0. The van der Waals surface area contributed by atoms with Gasteiger partial charge in [-0.15, -0.1) is 0 Å². The highest BCUT2D eigenvalue weighted by molar-refractivity contribution is 7.80.